The van der Waals surface area contributed by atoms with Gasteiger partial charge in [0.2, 0.25) is 0 Å². The Morgan fingerprint density at radius 1 is 1.29 bits per heavy atom. The van der Waals surface area contributed by atoms with Crippen molar-refractivity contribution in [1.82, 2.24) is 0 Å². The first kappa shape index (κ1) is 16.1. The standard InChI is InChI=1S/C20H22N2O2/c1-14(2)12-22-18-8-7-17(10-19(18)24-13-20(22)23)21-11-16-6-4-5-15(3)9-16/h4-10,21H,1,11-13H2,2-3H3. The average molecular weight is 322 g/mol. The molecule has 1 aliphatic heterocycles. The molecule has 1 aliphatic rings. The van der Waals surface area contributed by atoms with Crippen LogP contribution in [0.5, 0.6) is 5.75 Å². The molecular formula is C20H22N2O2. The summed E-state index contributed by atoms with van der Waals surface area (Å²) in [5.74, 6) is 0.691. The molecule has 0 unspecified atom stereocenters. The van der Waals surface area contributed by atoms with E-state index in [4.69, 9.17) is 4.74 Å². The highest BCUT2D eigenvalue weighted by molar-refractivity contribution is 5.98. The van der Waals surface area contributed by atoms with Crippen LogP contribution < -0.4 is 15.0 Å². The highest BCUT2D eigenvalue weighted by Crippen LogP contribution is 2.35. The molecule has 0 fully saturated rings. The van der Waals surface area contributed by atoms with Gasteiger partial charge in [-0.2, -0.15) is 0 Å². The van der Waals surface area contributed by atoms with Crippen molar-refractivity contribution in [3.63, 3.8) is 0 Å². The van der Waals surface area contributed by atoms with Gasteiger partial charge in [-0.1, -0.05) is 42.0 Å². The van der Waals surface area contributed by atoms with Crippen LogP contribution in [0.4, 0.5) is 11.4 Å². The first-order chi connectivity index (χ1) is 11.5. The molecule has 0 saturated carbocycles. The van der Waals surface area contributed by atoms with Gasteiger partial charge < -0.3 is 15.0 Å². The Bertz CT molecular complexity index is 783. The fourth-order valence-corrected chi connectivity index (χ4v) is 2.78. The third-order valence-corrected chi connectivity index (χ3v) is 3.91. The van der Waals surface area contributed by atoms with E-state index in [1.54, 1.807) is 4.90 Å². The quantitative estimate of drug-likeness (QED) is 0.849. The van der Waals surface area contributed by atoms with Crippen LogP contribution in [-0.4, -0.2) is 19.1 Å². The lowest BCUT2D eigenvalue weighted by atomic mass is 10.1. The Kier molecular flexibility index (Phi) is 4.56. The van der Waals surface area contributed by atoms with Crippen LogP contribution in [0, 0.1) is 6.92 Å². The lowest BCUT2D eigenvalue weighted by Crippen LogP contribution is -2.39. The topological polar surface area (TPSA) is 41.6 Å². The molecule has 124 valence electrons. The minimum Gasteiger partial charge on any atom is -0.481 e. The van der Waals surface area contributed by atoms with Gasteiger partial charge in [-0.25, -0.2) is 0 Å². The number of fused-ring (bicyclic) bond motifs is 1. The van der Waals surface area contributed by atoms with Crippen LogP contribution in [0.2, 0.25) is 0 Å². The van der Waals surface area contributed by atoms with Crippen LogP contribution in [0.15, 0.2) is 54.6 Å². The molecule has 0 radical (unpaired) electrons. The van der Waals surface area contributed by atoms with E-state index in [1.165, 1.54) is 11.1 Å². The molecule has 1 heterocycles. The van der Waals surface area contributed by atoms with Crippen LogP contribution in [0.25, 0.3) is 0 Å². The molecule has 0 aromatic heterocycles. The second-order valence-electron chi connectivity index (χ2n) is 6.25. The summed E-state index contributed by atoms with van der Waals surface area (Å²) in [6.07, 6.45) is 0. The number of carbonyl (C=O) groups is 1. The SMILES string of the molecule is C=C(C)CN1C(=O)COc2cc(NCc3cccc(C)c3)ccc21. The zero-order chi connectivity index (χ0) is 17.1. The van der Waals surface area contributed by atoms with E-state index in [1.807, 2.05) is 25.1 Å². The average Bonchev–Trinajstić information content (AvgIpc) is 2.55. The number of ether oxygens (including phenoxy) is 1. The Balaban J connectivity index is 1.76. The Morgan fingerprint density at radius 2 is 2.12 bits per heavy atom. The Labute approximate surface area is 142 Å². The maximum absolute atomic E-state index is 12.1. The van der Waals surface area contributed by atoms with Crippen molar-refractivity contribution in [3.8, 4) is 5.75 Å². The summed E-state index contributed by atoms with van der Waals surface area (Å²) in [4.78, 5) is 13.8. The van der Waals surface area contributed by atoms with Crippen LogP contribution in [0.1, 0.15) is 18.1 Å². The molecule has 2 aromatic carbocycles. The van der Waals surface area contributed by atoms with E-state index in [2.05, 4.69) is 43.1 Å². The highest BCUT2D eigenvalue weighted by atomic mass is 16.5. The molecule has 0 bridgehead atoms. The van der Waals surface area contributed by atoms with Gasteiger partial charge in [0, 0.05) is 24.8 Å². The number of benzene rings is 2. The van der Waals surface area contributed by atoms with Gasteiger partial charge in [-0.05, 0) is 31.5 Å². The summed E-state index contributed by atoms with van der Waals surface area (Å²) >= 11 is 0. The molecular weight excluding hydrogens is 300 g/mol. The molecule has 0 aliphatic carbocycles. The van der Waals surface area contributed by atoms with E-state index < -0.39 is 0 Å². The van der Waals surface area contributed by atoms with Gasteiger partial charge in [0.05, 0.1) is 5.69 Å². The Morgan fingerprint density at radius 3 is 2.88 bits per heavy atom. The summed E-state index contributed by atoms with van der Waals surface area (Å²) in [5, 5.41) is 3.40. The number of anilines is 2. The zero-order valence-corrected chi connectivity index (χ0v) is 14.1. The van der Waals surface area contributed by atoms with Gasteiger partial charge in [0.1, 0.15) is 5.75 Å². The second-order valence-corrected chi connectivity index (χ2v) is 6.25. The molecule has 0 saturated heterocycles. The number of aryl methyl sites for hydroxylation is 1. The van der Waals surface area contributed by atoms with Gasteiger partial charge in [0.15, 0.2) is 6.61 Å². The largest absolute Gasteiger partial charge is 0.481 e. The molecule has 1 N–H and O–H groups in total. The number of hydrogen-bond donors (Lipinski definition) is 1. The first-order valence-electron chi connectivity index (χ1n) is 8.04. The van der Waals surface area contributed by atoms with Crippen LogP contribution in [-0.2, 0) is 11.3 Å². The smallest absolute Gasteiger partial charge is 0.265 e. The van der Waals surface area contributed by atoms with Crippen molar-refractivity contribution in [3.05, 3.63) is 65.7 Å². The maximum Gasteiger partial charge on any atom is 0.265 e. The van der Waals surface area contributed by atoms with Crippen molar-refractivity contribution < 1.29 is 9.53 Å². The molecule has 0 atom stereocenters. The Hall–Kier alpha value is -2.75. The van der Waals surface area contributed by atoms with Crippen molar-refractivity contribution in [2.45, 2.75) is 20.4 Å². The lowest BCUT2D eigenvalue weighted by Gasteiger charge is -2.30. The lowest BCUT2D eigenvalue weighted by molar-refractivity contribution is -0.121. The minimum absolute atomic E-state index is 0.0361. The first-order valence-corrected chi connectivity index (χ1v) is 8.04. The van der Waals surface area contributed by atoms with Gasteiger partial charge in [-0.3, -0.25) is 4.79 Å². The normalized spacial score (nSPS) is 13.2. The maximum atomic E-state index is 12.1. The molecule has 0 spiro atoms. The summed E-state index contributed by atoms with van der Waals surface area (Å²) in [5.41, 5.74) is 5.19. The van der Waals surface area contributed by atoms with E-state index in [9.17, 15) is 4.79 Å². The van der Waals surface area contributed by atoms with E-state index in [-0.39, 0.29) is 12.5 Å². The molecule has 4 heteroatoms. The molecule has 3 rings (SSSR count). The van der Waals surface area contributed by atoms with Crippen molar-refractivity contribution >= 4 is 17.3 Å². The van der Waals surface area contributed by atoms with Crippen molar-refractivity contribution in [1.29, 1.82) is 0 Å². The summed E-state index contributed by atoms with van der Waals surface area (Å²) in [6, 6.07) is 14.3. The van der Waals surface area contributed by atoms with Crippen molar-refractivity contribution in [2.24, 2.45) is 0 Å². The highest BCUT2D eigenvalue weighted by Gasteiger charge is 2.25. The van der Waals surface area contributed by atoms with E-state index in [0.29, 0.717) is 6.54 Å². The molecule has 2 aromatic rings. The zero-order valence-electron chi connectivity index (χ0n) is 14.1. The van der Waals surface area contributed by atoms with Gasteiger partial charge >= 0.3 is 0 Å². The summed E-state index contributed by atoms with van der Waals surface area (Å²) in [7, 11) is 0. The number of nitrogens with zero attached hydrogens (tertiary/aromatic N) is 1. The second kappa shape index (κ2) is 6.79. The number of hydrogen-bond acceptors (Lipinski definition) is 3. The van der Waals surface area contributed by atoms with Gasteiger partial charge in [0.25, 0.3) is 5.91 Å². The molecule has 24 heavy (non-hydrogen) atoms. The third kappa shape index (κ3) is 3.59. The van der Waals surface area contributed by atoms with Crippen LogP contribution >= 0.6 is 0 Å². The summed E-state index contributed by atoms with van der Waals surface area (Å²) < 4.78 is 5.60. The van der Waals surface area contributed by atoms with Crippen LogP contribution in [0.3, 0.4) is 0 Å². The third-order valence-electron chi connectivity index (χ3n) is 3.91. The van der Waals surface area contributed by atoms with E-state index in [0.717, 1.165) is 29.2 Å². The fourth-order valence-electron chi connectivity index (χ4n) is 2.78. The predicted octanol–water partition coefficient (Wildman–Crippen LogP) is 3.91. The minimum atomic E-state index is -0.0361. The number of carbonyl (C=O) groups excluding carboxylic acids is 1. The monoisotopic (exact) mass is 322 g/mol. The number of rotatable bonds is 5. The molecule has 1 amide bonds. The fraction of sp³-hybridized carbons (Fsp3) is 0.250. The molecule has 4 nitrogen and oxygen atoms in total. The number of amides is 1. The van der Waals surface area contributed by atoms with Gasteiger partial charge in [-0.15, -0.1) is 0 Å². The summed E-state index contributed by atoms with van der Waals surface area (Å²) in [6.45, 7) is 9.24. The predicted molar refractivity (Wildman–Crippen MR) is 97.6 cm³/mol. The van der Waals surface area contributed by atoms with E-state index >= 15 is 0 Å². The van der Waals surface area contributed by atoms with Crippen molar-refractivity contribution in [2.75, 3.05) is 23.4 Å². The number of nitrogens with one attached hydrogen (secondary N) is 1.